The predicted molar refractivity (Wildman–Crippen MR) is 130 cm³/mol. The fourth-order valence-electron chi connectivity index (χ4n) is 3.11. The molecule has 0 unspecified atom stereocenters. The second kappa shape index (κ2) is 11.9. The summed E-state index contributed by atoms with van der Waals surface area (Å²) in [5.74, 6) is 0.154. The van der Waals surface area contributed by atoms with Crippen LogP contribution in [0.5, 0.6) is 17.2 Å². The molecule has 0 saturated carbocycles. The minimum atomic E-state index is -0.620. The number of carbonyl (C=O) groups excluding carboxylic acids is 2. The van der Waals surface area contributed by atoms with Crippen LogP contribution in [0.3, 0.4) is 0 Å². The zero-order chi connectivity index (χ0) is 24.4. The van der Waals surface area contributed by atoms with Crippen LogP contribution < -0.4 is 14.2 Å². The van der Waals surface area contributed by atoms with Crippen molar-refractivity contribution in [2.75, 3.05) is 19.8 Å². The molecule has 3 aromatic rings. The lowest BCUT2D eigenvalue weighted by atomic mass is 9.82. The Morgan fingerprint density at radius 3 is 2.12 bits per heavy atom. The molecular formula is C28H30O6. The van der Waals surface area contributed by atoms with Crippen LogP contribution in [0.1, 0.15) is 43.1 Å². The molecule has 0 aliphatic heterocycles. The SMILES string of the molecule is CCC(C)(C)c1ccc(OCC(=O)Oc2ccccc2C(=O)OCCOc2ccccc2)cc1. The van der Waals surface area contributed by atoms with Crippen LogP contribution >= 0.6 is 0 Å². The van der Waals surface area contributed by atoms with Gasteiger partial charge in [-0.3, -0.25) is 0 Å². The van der Waals surface area contributed by atoms with Gasteiger partial charge < -0.3 is 18.9 Å². The third-order valence-electron chi connectivity index (χ3n) is 5.54. The van der Waals surface area contributed by atoms with E-state index in [1.165, 1.54) is 17.7 Å². The van der Waals surface area contributed by atoms with Crippen LogP contribution in [0.4, 0.5) is 0 Å². The van der Waals surface area contributed by atoms with E-state index in [4.69, 9.17) is 18.9 Å². The van der Waals surface area contributed by atoms with Crippen molar-refractivity contribution in [1.29, 1.82) is 0 Å². The van der Waals surface area contributed by atoms with E-state index < -0.39 is 11.9 Å². The monoisotopic (exact) mass is 462 g/mol. The molecule has 3 aromatic carbocycles. The summed E-state index contributed by atoms with van der Waals surface area (Å²) in [7, 11) is 0. The number of carbonyl (C=O) groups is 2. The highest BCUT2D eigenvalue weighted by Gasteiger charge is 2.19. The Kier molecular flexibility index (Phi) is 8.68. The van der Waals surface area contributed by atoms with Crippen molar-refractivity contribution >= 4 is 11.9 Å². The van der Waals surface area contributed by atoms with E-state index >= 15 is 0 Å². The van der Waals surface area contributed by atoms with Crippen LogP contribution in [0, 0.1) is 0 Å². The van der Waals surface area contributed by atoms with Crippen LogP contribution in [-0.4, -0.2) is 31.8 Å². The maximum Gasteiger partial charge on any atom is 0.349 e. The zero-order valence-electron chi connectivity index (χ0n) is 19.8. The Labute approximate surface area is 200 Å². The minimum Gasteiger partial charge on any atom is -0.490 e. The van der Waals surface area contributed by atoms with Gasteiger partial charge in [0.05, 0.1) is 0 Å². The molecule has 0 heterocycles. The average molecular weight is 463 g/mol. The first kappa shape index (κ1) is 24.8. The fraction of sp³-hybridized carbons (Fsp3) is 0.286. The first-order chi connectivity index (χ1) is 16.4. The van der Waals surface area contributed by atoms with Crippen molar-refractivity contribution in [3.63, 3.8) is 0 Å². The van der Waals surface area contributed by atoms with Gasteiger partial charge in [-0.2, -0.15) is 0 Å². The molecule has 0 fully saturated rings. The number of ether oxygens (including phenoxy) is 4. The second-order valence-electron chi connectivity index (χ2n) is 8.32. The van der Waals surface area contributed by atoms with Gasteiger partial charge in [-0.1, -0.05) is 63.2 Å². The molecule has 0 aliphatic rings. The molecule has 3 rings (SSSR count). The summed E-state index contributed by atoms with van der Waals surface area (Å²) in [6.07, 6.45) is 1.02. The molecule has 6 nitrogen and oxygen atoms in total. The highest BCUT2D eigenvalue weighted by atomic mass is 16.6. The average Bonchev–Trinajstić information content (AvgIpc) is 2.86. The third-order valence-corrected chi connectivity index (χ3v) is 5.54. The highest BCUT2D eigenvalue weighted by molar-refractivity contribution is 5.93. The van der Waals surface area contributed by atoms with Crippen molar-refractivity contribution in [2.45, 2.75) is 32.6 Å². The Morgan fingerprint density at radius 2 is 1.41 bits per heavy atom. The van der Waals surface area contributed by atoms with E-state index in [1.807, 2.05) is 54.6 Å². The predicted octanol–water partition coefficient (Wildman–Crippen LogP) is 5.59. The number of hydrogen-bond donors (Lipinski definition) is 0. The number of hydrogen-bond acceptors (Lipinski definition) is 6. The van der Waals surface area contributed by atoms with Gasteiger partial charge >= 0.3 is 11.9 Å². The zero-order valence-corrected chi connectivity index (χ0v) is 19.8. The maximum atomic E-state index is 12.5. The summed E-state index contributed by atoms with van der Waals surface area (Å²) < 4.78 is 21.7. The number of benzene rings is 3. The second-order valence-corrected chi connectivity index (χ2v) is 8.32. The molecule has 0 radical (unpaired) electrons. The van der Waals surface area contributed by atoms with Gasteiger partial charge in [-0.25, -0.2) is 9.59 Å². The van der Waals surface area contributed by atoms with Gasteiger partial charge in [0.1, 0.15) is 36.0 Å². The topological polar surface area (TPSA) is 71.1 Å². The van der Waals surface area contributed by atoms with Crippen molar-refractivity contribution in [2.24, 2.45) is 0 Å². The minimum absolute atomic E-state index is 0.0595. The van der Waals surface area contributed by atoms with Crippen LogP contribution in [0.2, 0.25) is 0 Å². The summed E-state index contributed by atoms with van der Waals surface area (Å²) in [5, 5.41) is 0. The van der Waals surface area contributed by atoms with Gasteiger partial charge in [0.15, 0.2) is 6.61 Å². The smallest absolute Gasteiger partial charge is 0.349 e. The number of esters is 2. The highest BCUT2D eigenvalue weighted by Crippen LogP contribution is 2.28. The quantitative estimate of drug-likeness (QED) is 0.210. The molecule has 0 bridgehead atoms. The molecule has 0 aromatic heterocycles. The molecule has 34 heavy (non-hydrogen) atoms. The van der Waals surface area contributed by atoms with Gasteiger partial charge in [0.25, 0.3) is 0 Å². The summed E-state index contributed by atoms with van der Waals surface area (Å²) in [4.78, 5) is 24.8. The van der Waals surface area contributed by atoms with E-state index in [-0.39, 0.29) is 36.5 Å². The Balaban J connectivity index is 1.49. The Morgan fingerprint density at radius 1 is 0.765 bits per heavy atom. The lowest BCUT2D eigenvalue weighted by Gasteiger charge is -2.23. The van der Waals surface area contributed by atoms with Gasteiger partial charge in [0.2, 0.25) is 0 Å². The third kappa shape index (κ3) is 7.10. The van der Waals surface area contributed by atoms with Crippen molar-refractivity contribution in [3.05, 3.63) is 90.0 Å². The first-order valence-electron chi connectivity index (χ1n) is 11.3. The lowest BCUT2D eigenvalue weighted by Crippen LogP contribution is -2.20. The van der Waals surface area contributed by atoms with Crippen LogP contribution in [0.15, 0.2) is 78.9 Å². The summed E-state index contributed by atoms with van der Waals surface area (Å²) in [6.45, 7) is 6.49. The van der Waals surface area contributed by atoms with Crippen molar-refractivity contribution < 1.29 is 28.5 Å². The molecule has 0 atom stereocenters. The molecule has 0 amide bonds. The molecule has 0 spiro atoms. The van der Waals surface area contributed by atoms with E-state index in [0.29, 0.717) is 11.5 Å². The normalized spacial score (nSPS) is 10.9. The van der Waals surface area contributed by atoms with Gasteiger partial charge in [-0.15, -0.1) is 0 Å². The molecule has 178 valence electrons. The van der Waals surface area contributed by atoms with E-state index in [9.17, 15) is 9.59 Å². The number of rotatable bonds is 11. The van der Waals surface area contributed by atoms with E-state index in [0.717, 1.165) is 6.42 Å². The molecule has 0 aliphatic carbocycles. The summed E-state index contributed by atoms with van der Waals surface area (Å²) in [5.41, 5.74) is 1.43. The summed E-state index contributed by atoms with van der Waals surface area (Å²) in [6, 6.07) is 23.3. The maximum absolute atomic E-state index is 12.5. The van der Waals surface area contributed by atoms with Crippen LogP contribution in [0.25, 0.3) is 0 Å². The van der Waals surface area contributed by atoms with E-state index in [1.54, 1.807) is 12.1 Å². The van der Waals surface area contributed by atoms with Crippen molar-refractivity contribution in [1.82, 2.24) is 0 Å². The molecular weight excluding hydrogens is 432 g/mol. The first-order valence-corrected chi connectivity index (χ1v) is 11.3. The Hall–Kier alpha value is -3.80. The van der Waals surface area contributed by atoms with Crippen LogP contribution in [-0.2, 0) is 14.9 Å². The molecule has 0 saturated heterocycles. The van der Waals surface area contributed by atoms with Crippen molar-refractivity contribution in [3.8, 4) is 17.2 Å². The summed E-state index contributed by atoms with van der Waals surface area (Å²) >= 11 is 0. The lowest BCUT2D eigenvalue weighted by molar-refractivity contribution is -0.136. The van der Waals surface area contributed by atoms with Gasteiger partial charge in [0, 0.05) is 0 Å². The largest absolute Gasteiger partial charge is 0.490 e. The van der Waals surface area contributed by atoms with Gasteiger partial charge in [-0.05, 0) is 53.8 Å². The van der Waals surface area contributed by atoms with E-state index in [2.05, 4.69) is 20.8 Å². The fourth-order valence-corrected chi connectivity index (χ4v) is 3.11. The molecule has 6 heteroatoms. The standard InChI is InChI=1S/C28H30O6/c1-4-28(2,3)21-14-16-23(17-15-21)33-20-26(29)34-25-13-9-8-12-24(25)27(30)32-19-18-31-22-10-6-5-7-11-22/h5-17H,4,18-20H2,1-3H3. The number of para-hydroxylation sites is 2. The Bertz CT molecular complexity index is 1070. The molecule has 0 N–H and O–H groups in total.